The number of carbonyl (C=O) groups excluding carboxylic acids is 1. The van der Waals surface area contributed by atoms with Gasteiger partial charge in [0.15, 0.2) is 0 Å². The maximum Gasteiger partial charge on any atom is 0.235 e. The summed E-state index contributed by atoms with van der Waals surface area (Å²) >= 11 is 0. The van der Waals surface area contributed by atoms with Crippen LogP contribution in [0.2, 0.25) is 0 Å². The van der Waals surface area contributed by atoms with Crippen molar-refractivity contribution in [1.29, 1.82) is 0 Å². The molecule has 0 N–H and O–H groups in total. The van der Waals surface area contributed by atoms with Gasteiger partial charge in [0.1, 0.15) is 5.75 Å². The number of nitrogens with zero attached hydrogens (tertiary/aromatic N) is 1. The summed E-state index contributed by atoms with van der Waals surface area (Å²) in [7, 11) is 0. The van der Waals surface area contributed by atoms with Crippen molar-refractivity contribution in [2.24, 2.45) is 4.99 Å². The van der Waals surface area contributed by atoms with Gasteiger partial charge in [-0.2, -0.15) is 4.99 Å². The lowest BCUT2D eigenvalue weighted by Crippen LogP contribution is -2.17. The van der Waals surface area contributed by atoms with Gasteiger partial charge in [0, 0.05) is 5.56 Å². The summed E-state index contributed by atoms with van der Waals surface area (Å²) in [5.74, 6) is 0.765. The maximum absolute atomic E-state index is 10.4. The molecule has 16 heavy (non-hydrogen) atoms. The molecule has 86 valence electrons. The summed E-state index contributed by atoms with van der Waals surface area (Å²) in [5, 5.41) is 0. The van der Waals surface area contributed by atoms with Crippen LogP contribution in [0.3, 0.4) is 0 Å². The minimum atomic E-state index is -0.604. The summed E-state index contributed by atoms with van der Waals surface area (Å²) in [6, 6.07) is 7.61. The van der Waals surface area contributed by atoms with E-state index in [9.17, 15) is 4.79 Å². The van der Waals surface area contributed by atoms with Crippen LogP contribution < -0.4 is 4.74 Å². The topological polar surface area (TPSA) is 38.7 Å². The first-order chi connectivity index (χ1) is 7.47. The van der Waals surface area contributed by atoms with Gasteiger partial charge in [-0.1, -0.05) is 18.2 Å². The Balaban J connectivity index is 3.17. The van der Waals surface area contributed by atoms with Gasteiger partial charge in [-0.3, -0.25) is 0 Å². The fourth-order valence-electron chi connectivity index (χ4n) is 1.50. The highest BCUT2D eigenvalue weighted by atomic mass is 16.5. The summed E-state index contributed by atoms with van der Waals surface area (Å²) in [6.45, 7) is 7.65. The van der Waals surface area contributed by atoms with Crippen molar-refractivity contribution in [3.63, 3.8) is 0 Å². The molecule has 0 spiro atoms. The normalized spacial score (nSPS) is 11.1. The lowest BCUT2D eigenvalue weighted by Gasteiger charge is -2.22. The molecule has 0 aliphatic carbocycles. The lowest BCUT2D eigenvalue weighted by atomic mass is 9.94. The zero-order valence-corrected chi connectivity index (χ0v) is 10.2. The molecule has 0 heterocycles. The van der Waals surface area contributed by atoms with Gasteiger partial charge in [0.25, 0.3) is 0 Å². The number of isocyanates is 1. The number of hydrogen-bond donors (Lipinski definition) is 0. The van der Waals surface area contributed by atoms with Crippen LogP contribution >= 0.6 is 0 Å². The predicted molar refractivity (Wildman–Crippen MR) is 63.4 cm³/mol. The van der Waals surface area contributed by atoms with Crippen LogP contribution in [0.1, 0.15) is 33.3 Å². The quantitative estimate of drug-likeness (QED) is 0.576. The van der Waals surface area contributed by atoms with Gasteiger partial charge >= 0.3 is 0 Å². The fourth-order valence-corrected chi connectivity index (χ4v) is 1.50. The highest BCUT2D eigenvalue weighted by Crippen LogP contribution is 2.32. The molecule has 0 aliphatic rings. The zero-order chi connectivity index (χ0) is 12.2. The average molecular weight is 219 g/mol. The van der Waals surface area contributed by atoms with Crippen molar-refractivity contribution in [3.8, 4) is 5.75 Å². The second-order valence-electron chi connectivity index (χ2n) is 4.42. The molecule has 3 nitrogen and oxygen atoms in total. The standard InChI is InChI=1S/C13H17NO2/c1-10(2)16-12-8-6-5-7-11(12)13(3,4)14-9-15/h5-8,10H,1-4H3. The Bertz CT molecular complexity index is 404. The van der Waals surface area contributed by atoms with Crippen LogP contribution in [0.15, 0.2) is 29.3 Å². The van der Waals surface area contributed by atoms with E-state index in [1.165, 1.54) is 0 Å². The van der Waals surface area contributed by atoms with Gasteiger partial charge < -0.3 is 4.74 Å². The number of para-hydroxylation sites is 1. The van der Waals surface area contributed by atoms with Gasteiger partial charge in [-0.05, 0) is 33.8 Å². The first-order valence-electron chi connectivity index (χ1n) is 5.32. The number of aliphatic imine (C=N–C) groups is 1. The van der Waals surface area contributed by atoms with Gasteiger partial charge in [-0.15, -0.1) is 0 Å². The predicted octanol–water partition coefficient (Wildman–Crippen LogP) is 3.04. The van der Waals surface area contributed by atoms with Crippen LogP contribution in [0.4, 0.5) is 0 Å². The Morgan fingerprint density at radius 3 is 2.50 bits per heavy atom. The Kier molecular flexibility index (Phi) is 3.86. The Hall–Kier alpha value is -1.60. The smallest absolute Gasteiger partial charge is 0.235 e. The Morgan fingerprint density at radius 2 is 1.94 bits per heavy atom. The van der Waals surface area contributed by atoms with Crippen molar-refractivity contribution in [3.05, 3.63) is 29.8 Å². The maximum atomic E-state index is 10.4. The molecule has 0 amide bonds. The third-order valence-electron chi connectivity index (χ3n) is 2.23. The molecule has 0 radical (unpaired) electrons. The molecule has 0 saturated carbocycles. The van der Waals surface area contributed by atoms with Crippen LogP contribution in [0, 0.1) is 0 Å². The van der Waals surface area contributed by atoms with E-state index in [1.54, 1.807) is 6.08 Å². The Labute approximate surface area is 96.2 Å². The molecule has 3 heteroatoms. The molecule has 1 rings (SSSR count). The summed E-state index contributed by atoms with van der Waals surface area (Å²) < 4.78 is 5.69. The molecule has 1 aromatic rings. The van der Waals surface area contributed by atoms with Crippen molar-refractivity contribution in [1.82, 2.24) is 0 Å². The largest absolute Gasteiger partial charge is 0.491 e. The SMILES string of the molecule is CC(C)Oc1ccccc1C(C)(C)N=C=O. The molecule has 1 aromatic carbocycles. The molecule has 0 bridgehead atoms. The zero-order valence-electron chi connectivity index (χ0n) is 10.2. The van der Waals surface area contributed by atoms with Crippen molar-refractivity contribution >= 4 is 6.08 Å². The fraction of sp³-hybridized carbons (Fsp3) is 0.462. The average Bonchev–Trinajstić information content (AvgIpc) is 2.17. The van der Waals surface area contributed by atoms with Crippen molar-refractivity contribution in [2.45, 2.75) is 39.3 Å². The van der Waals surface area contributed by atoms with Crippen LogP contribution in [-0.4, -0.2) is 12.2 Å². The van der Waals surface area contributed by atoms with E-state index in [0.29, 0.717) is 0 Å². The van der Waals surface area contributed by atoms with Gasteiger partial charge in [-0.25, -0.2) is 4.79 Å². The number of benzene rings is 1. The molecule has 0 aromatic heterocycles. The number of hydrogen-bond acceptors (Lipinski definition) is 3. The lowest BCUT2D eigenvalue weighted by molar-refractivity contribution is 0.236. The van der Waals surface area contributed by atoms with Gasteiger partial charge in [0.2, 0.25) is 6.08 Å². The third kappa shape index (κ3) is 2.94. The molecule has 0 unspecified atom stereocenters. The molecular weight excluding hydrogens is 202 g/mol. The highest BCUT2D eigenvalue weighted by Gasteiger charge is 2.23. The van der Waals surface area contributed by atoms with Crippen molar-refractivity contribution < 1.29 is 9.53 Å². The second-order valence-corrected chi connectivity index (χ2v) is 4.42. The van der Waals surface area contributed by atoms with Crippen LogP contribution in [0.5, 0.6) is 5.75 Å². The Morgan fingerprint density at radius 1 is 1.31 bits per heavy atom. The third-order valence-corrected chi connectivity index (χ3v) is 2.23. The summed E-state index contributed by atoms with van der Waals surface area (Å²) in [6.07, 6.45) is 1.70. The van der Waals surface area contributed by atoms with E-state index in [0.717, 1.165) is 11.3 Å². The number of rotatable bonds is 4. The van der Waals surface area contributed by atoms with E-state index in [4.69, 9.17) is 4.74 Å². The molecule has 0 aliphatic heterocycles. The summed E-state index contributed by atoms with van der Waals surface area (Å²) in [5.41, 5.74) is 0.291. The van der Waals surface area contributed by atoms with E-state index >= 15 is 0 Å². The molecule has 0 fully saturated rings. The first-order valence-corrected chi connectivity index (χ1v) is 5.32. The van der Waals surface area contributed by atoms with E-state index < -0.39 is 5.54 Å². The molecule has 0 atom stereocenters. The van der Waals surface area contributed by atoms with E-state index in [1.807, 2.05) is 52.0 Å². The van der Waals surface area contributed by atoms with E-state index in [-0.39, 0.29) is 6.10 Å². The van der Waals surface area contributed by atoms with Crippen LogP contribution in [0.25, 0.3) is 0 Å². The number of ether oxygens (including phenoxy) is 1. The van der Waals surface area contributed by atoms with Gasteiger partial charge in [0.05, 0.1) is 11.6 Å². The first kappa shape index (κ1) is 12.5. The highest BCUT2D eigenvalue weighted by molar-refractivity contribution is 5.43. The molecule has 0 saturated heterocycles. The minimum absolute atomic E-state index is 0.0946. The molecular formula is C13H17NO2. The summed E-state index contributed by atoms with van der Waals surface area (Å²) in [4.78, 5) is 14.2. The van der Waals surface area contributed by atoms with E-state index in [2.05, 4.69) is 4.99 Å². The minimum Gasteiger partial charge on any atom is -0.491 e. The second kappa shape index (κ2) is 4.95. The monoisotopic (exact) mass is 219 g/mol. The van der Waals surface area contributed by atoms with Crippen LogP contribution in [-0.2, 0) is 10.3 Å². The van der Waals surface area contributed by atoms with Crippen molar-refractivity contribution in [2.75, 3.05) is 0 Å².